The van der Waals surface area contributed by atoms with Gasteiger partial charge in [0.25, 0.3) is 0 Å². The smallest absolute Gasteiger partial charge is 0.128 e. The highest BCUT2D eigenvalue weighted by molar-refractivity contribution is 6.33. The molecule has 0 aliphatic carbocycles. The van der Waals surface area contributed by atoms with Gasteiger partial charge in [-0.15, -0.1) is 0 Å². The zero-order valence-electron chi connectivity index (χ0n) is 12.5. The van der Waals surface area contributed by atoms with Crippen LogP contribution in [0, 0.1) is 5.82 Å². The van der Waals surface area contributed by atoms with Crippen molar-refractivity contribution in [2.75, 3.05) is 24.3 Å². The third-order valence-corrected chi connectivity index (χ3v) is 3.76. The lowest BCUT2D eigenvalue weighted by atomic mass is 10.0. The van der Waals surface area contributed by atoms with Crippen LogP contribution in [-0.2, 0) is 0 Å². The number of nitrogens with one attached hydrogen (secondary N) is 1. The van der Waals surface area contributed by atoms with E-state index in [0.29, 0.717) is 10.6 Å². The summed E-state index contributed by atoms with van der Waals surface area (Å²) in [5.41, 5.74) is 2.52. The number of hydrogen-bond donors (Lipinski definition) is 1. The summed E-state index contributed by atoms with van der Waals surface area (Å²) in [7, 11) is 3.89. The molecule has 2 aromatic carbocycles. The van der Waals surface area contributed by atoms with Gasteiger partial charge in [0.05, 0.1) is 16.8 Å². The summed E-state index contributed by atoms with van der Waals surface area (Å²) in [6.45, 7) is 2.03. The van der Waals surface area contributed by atoms with Crippen molar-refractivity contribution in [3.8, 4) is 0 Å². The number of rotatable bonds is 5. The minimum absolute atomic E-state index is 0.0764. The van der Waals surface area contributed by atoms with E-state index in [2.05, 4.69) is 5.32 Å². The van der Waals surface area contributed by atoms with Crippen LogP contribution in [0.5, 0.6) is 0 Å². The highest BCUT2D eigenvalue weighted by atomic mass is 35.5. The van der Waals surface area contributed by atoms with Gasteiger partial charge in [0.2, 0.25) is 0 Å². The van der Waals surface area contributed by atoms with E-state index in [9.17, 15) is 4.39 Å². The zero-order chi connectivity index (χ0) is 15.4. The van der Waals surface area contributed by atoms with Crippen LogP contribution < -0.4 is 10.2 Å². The molecule has 0 heterocycles. The molecule has 4 heteroatoms. The van der Waals surface area contributed by atoms with Gasteiger partial charge < -0.3 is 10.2 Å². The average molecular weight is 307 g/mol. The van der Waals surface area contributed by atoms with E-state index < -0.39 is 0 Å². The third-order valence-electron chi connectivity index (χ3n) is 3.46. The van der Waals surface area contributed by atoms with Gasteiger partial charge in [0, 0.05) is 25.3 Å². The van der Waals surface area contributed by atoms with Gasteiger partial charge in [-0.1, -0.05) is 36.7 Å². The van der Waals surface area contributed by atoms with Crippen molar-refractivity contribution in [3.63, 3.8) is 0 Å². The summed E-state index contributed by atoms with van der Waals surface area (Å²) >= 11 is 6.27. The molecule has 0 fully saturated rings. The second kappa shape index (κ2) is 6.81. The average Bonchev–Trinajstić information content (AvgIpc) is 2.45. The summed E-state index contributed by atoms with van der Waals surface area (Å²) < 4.78 is 13.9. The van der Waals surface area contributed by atoms with Gasteiger partial charge in [-0.3, -0.25) is 0 Å². The Labute approximate surface area is 130 Å². The first-order chi connectivity index (χ1) is 10.0. The van der Waals surface area contributed by atoms with Gasteiger partial charge in [-0.05, 0) is 30.7 Å². The molecule has 0 aromatic heterocycles. The molecule has 2 rings (SSSR count). The summed E-state index contributed by atoms with van der Waals surface area (Å²) in [6, 6.07) is 12.6. The Hall–Kier alpha value is -1.74. The quantitative estimate of drug-likeness (QED) is 0.826. The Morgan fingerprint density at radius 1 is 1.19 bits per heavy atom. The Balaban J connectivity index is 2.23. The molecule has 0 aliphatic rings. The van der Waals surface area contributed by atoms with Crippen molar-refractivity contribution in [2.45, 2.75) is 19.4 Å². The molecule has 1 atom stereocenters. The minimum Gasteiger partial charge on any atom is -0.378 e. The van der Waals surface area contributed by atoms with Gasteiger partial charge in [0.1, 0.15) is 5.82 Å². The van der Waals surface area contributed by atoms with Crippen molar-refractivity contribution >= 4 is 23.0 Å². The van der Waals surface area contributed by atoms with Crippen LogP contribution in [0.1, 0.15) is 24.9 Å². The second-order valence-electron chi connectivity index (χ2n) is 5.19. The predicted octanol–water partition coefficient (Wildman–Crippen LogP) is 5.11. The first kappa shape index (κ1) is 15.6. The molecule has 0 amide bonds. The van der Waals surface area contributed by atoms with E-state index in [0.717, 1.165) is 17.8 Å². The Bertz CT molecular complexity index is 613. The maximum atomic E-state index is 13.9. The topological polar surface area (TPSA) is 15.3 Å². The number of hydrogen-bond acceptors (Lipinski definition) is 2. The van der Waals surface area contributed by atoms with Crippen molar-refractivity contribution < 1.29 is 4.39 Å². The van der Waals surface area contributed by atoms with Crippen LogP contribution in [0.3, 0.4) is 0 Å². The van der Waals surface area contributed by atoms with E-state index in [-0.39, 0.29) is 11.9 Å². The molecule has 0 bridgehead atoms. The molecule has 0 saturated carbocycles. The van der Waals surface area contributed by atoms with Crippen LogP contribution in [0.2, 0.25) is 5.02 Å². The van der Waals surface area contributed by atoms with Crippen molar-refractivity contribution in [1.82, 2.24) is 0 Å². The summed E-state index contributed by atoms with van der Waals surface area (Å²) in [6.07, 6.45) is 0.786. The maximum Gasteiger partial charge on any atom is 0.128 e. The van der Waals surface area contributed by atoms with E-state index >= 15 is 0 Å². The maximum absolute atomic E-state index is 13.9. The van der Waals surface area contributed by atoms with Gasteiger partial charge in [-0.25, -0.2) is 4.39 Å². The number of halogens is 2. The van der Waals surface area contributed by atoms with E-state index in [1.165, 1.54) is 6.07 Å². The zero-order valence-corrected chi connectivity index (χ0v) is 13.3. The minimum atomic E-state index is -0.187. The Kier molecular flexibility index (Phi) is 5.07. The van der Waals surface area contributed by atoms with Gasteiger partial charge in [0.15, 0.2) is 0 Å². The Morgan fingerprint density at radius 3 is 2.48 bits per heavy atom. The molecule has 2 nitrogen and oxygen atoms in total. The molecule has 21 heavy (non-hydrogen) atoms. The fourth-order valence-electron chi connectivity index (χ4n) is 2.32. The Morgan fingerprint density at radius 2 is 1.90 bits per heavy atom. The van der Waals surface area contributed by atoms with Crippen molar-refractivity contribution in [3.05, 3.63) is 58.9 Å². The molecule has 1 unspecified atom stereocenters. The van der Waals surface area contributed by atoms with Crippen LogP contribution >= 0.6 is 11.6 Å². The van der Waals surface area contributed by atoms with Crippen LogP contribution in [0.15, 0.2) is 42.5 Å². The molecular formula is C17H20ClFN2. The lowest BCUT2D eigenvalue weighted by Gasteiger charge is -2.21. The van der Waals surface area contributed by atoms with Crippen LogP contribution in [-0.4, -0.2) is 14.1 Å². The molecule has 0 spiro atoms. The van der Waals surface area contributed by atoms with Crippen molar-refractivity contribution in [2.24, 2.45) is 0 Å². The highest BCUT2D eigenvalue weighted by Gasteiger charge is 2.14. The van der Waals surface area contributed by atoms with Crippen LogP contribution in [0.4, 0.5) is 15.8 Å². The summed E-state index contributed by atoms with van der Waals surface area (Å²) in [5.74, 6) is -0.187. The fourth-order valence-corrected chi connectivity index (χ4v) is 2.67. The first-order valence-corrected chi connectivity index (χ1v) is 7.38. The molecular weight excluding hydrogens is 287 g/mol. The molecule has 0 saturated heterocycles. The van der Waals surface area contributed by atoms with Crippen LogP contribution in [0.25, 0.3) is 0 Å². The lowest BCUT2D eigenvalue weighted by molar-refractivity contribution is 0.587. The summed E-state index contributed by atoms with van der Waals surface area (Å²) in [4.78, 5) is 1.96. The molecule has 1 N–H and O–H groups in total. The fraction of sp³-hybridized carbons (Fsp3) is 0.294. The number of benzene rings is 2. The summed E-state index contributed by atoms with van der Waals surface area (Å²) in [5, 5.41) is 4.02. The van der Waals surface area contributed by atoms with E-state index in [1.807, 2.05) is 56.3 Å². The lowest BCUT2D eigenvalue weighted by Crippen LogP contribution is -2.12. The monoisotopic (exact) mass is 306 g/mol. The molecule has 0 radical (unpaired) electrons. The van der Waals surface area contributed by atoms with Crippen molar-refractivity contribution in [1.29, 1.82) is 0 Å². The SMILES string of the molecule is CCC(Nc1ccc(N(C)C)c(Cl)c1)c1ccccc1F. The standard InChI is InChI=1S/C17H20ClFN2/c1-4-16(13-7-5-6-8-15(13)19)20-12-9-10-17(21(2)3)14(18)11-12/h5-11,16,20H,4H2,1-3H3. The number of anilines is 2. The largest absolute Gasteiger partial charge is 0.378 e. The van der Waals surface area contributed by atoms with Gasteiger partial charge >= 0.3 is 0 Å². The predicted molar refractivity (Wildman–Crippen MR) is 88.8 cm³/mol. The van der Waals surface area contributed by atoms with E-state index in [4.69, 9.17) is 11.6 Å². The number of nitrogens with zero attached hydrogens (tertiary/aromatic N) is 1. The van der Waals surface area contributed by atoms with E-state index in [1.54, 1.807) is 6.07 Å². The normalized spacial score (nSPS) is 12.0. The first-order valence-electron chi connectivity index (χ1n) is 7.00. The molecule has 112 valence electrons. The highest BCUT2D eigenvalue weighted by Crippen LogP contribution is 2.30. The van der Waals surface area contributed by atoms with Gasteiger partial charge in [-0.2, -0.15) is 0 Å². The third kappa shape index (κ3) is 3.67. The second-order valence-corrected chi connectivity index (χ2v) is 5.59. The molecule has 2 aromatic rings. The molecule has 0 aliphatic heterocycles.